The highest BCUT2D eigenvalue weighted by atomic mass is 15.2. The minimum atomic E-state index is 0.739. The number of nitrogens with one attached hydrogen (secondary N) is 1. The molecule has 1 aromatic carbocycles. The van der Waals surface area contributed by atoms with E-state index in [2.05, 4.69) is 55.4 Å². The maximum atomic E-state index is 3.16. The van der Waals surface area contributed by atoms with E-state index < -0.39 is 0 Å². The Bertz CT molecular complexity index is 303. The molecule has 1 N–H and O–H groups in total. The van der Waals surface area contributed by atoms with Crippen LogP contribution in [0, 0.1) is 5.92 Å². The second-order valence-corrected chi connectivity index (χ2v) is 5.26. The zero-order chi connectivity index (χ0) is 12.7. The fourth-order valence-corrected chi connectivity index (χ4v) is 1.98. The second kappa shape index (κ2) is 7.46. The van der Waals surface area contributed by atoms with Crippen molar-refractivity contribution in [2.24, 2.45) is 5.92 Å². The number of hydrogen-bond donors (Lipinski definition) is 1. The number of hydrogen-bond acceptors (Lipinski definition) is 2. The van der Waals surface area contributed by atoms with Crippen LogP contribution in [0.5, 0.6) is 0 Å². The van der Waals surface area contributed by atoms with Crippen molar-refractivity contribution in [3.63, 3.8) is 0 Å². The van der Waals surface area contributed by atoms with Crippen LogP contribution in [0.4, 0.5) is 0 Å². The van der Waals surface area contributed by atoms with Crippen molar-refractivity contribution >= 4 is 0 Å². The van der Waals surface area contributed by atoms with Crippen molar-refractivity contribution < 1.29 is 0 Å². The minimum absolute atomic E-state index is 0.739. The molecule has 0 aliphatic rings. The Morgan fingerprint density at radius 3 is 2.24 bits per heavy atom. The molecule has 1 rings (SSSR count). The molecule has 0 fully saturated rings. The van der Waals surface area contributed by atoms with Crippen molar-refractivity contribution in [3.8, 4) is 0 Å². The van der Waals surface area contributed by atoms with Crippen LogP contribution in [0.3, 0.4) is 0 Å². The number of benzene rings is 1. The van der Waals surface area contributed by atoms with Crippen molar-refractivity contribution in [2.45, 2.75) is 26.7 Å². The van der Waals surface area contributed by atoms with E-state index in [4.69, 9.17) is 0 Å². The molecule has 0 atom stereocenters. The first-order valence-corrected chi connectivity index (χ1v) is 6.52. The highest BCUT2D eigenvalue weighted by molar-refractivity contribution is 5.23. The van der Waals surface area contributed by atoms with E-state index in [1.54, 1.807) is 0 Å². The lowest BCUT2D eigenvalue weighted by Gasteiger charge is -2.15. The molecule has 0 aliphatic carbocycles. The van der Waals surface area contributed by atoms with Crippen LogP contribution in [0.25, 0.3) is 0 Å². The molecule has 0 heterocycles. The third kappa shape index (κ3) is 5.85. The highest BCUT2D eigenvalue weighted by Gasteiger charge is 2.00. The van der Waals surface area contributed by atoms with Gasteiger partial charge in [0.1, 0.15) is 0 Å². The summed E-state index contributed by atoms with van der Waals surface area (Å²) in [6.45, 7) is 6.58. The summed E-state index contributed by atoms with van der Waals surface area (Å²) < 4.78 is 0. The van der Waals surface area contributed by atoms with Crippen LogP contribution < -0.4 is 5.32 Å². The van der Waals surface area contributed by atoms with Gasteiger partial charge in [0, 0.05) is 13.2 Å². The van der Waals surface area contributed by atoms with Gasteiger partial charge in [0.2, 0.25) is 0 Å². The van der Waals surface area contributed by atoms with Gasteiger partial charge in [-0.3, -0.25) is 4.90 Å². The average molecular weight is 234 g/mol. The second-order valence-electron chi connectivity index (χ2n) is 5.26. The van der Waals surface area contributed by atoms with Crippen molar-refractivity contribution in [2.75, 3.05) is 27.3 Å². The van der Waals surface area contributed by atoms with E-state index in [1.165, 1.54) is 17.5 Å². The van der Waals surface area contributed by atoms with Crippen LogP contribution >= 0.6 is 0 Å². The number of likely N-dealkylation sites (N-methyl/N-ethyl adjacent to an activating group) is 1. The van der Waals surface area contributed by atoms with E-state index in [0.29, 0.717) is 0 Å². The zero-order valence-electron chi connectivity index (χ0n) is 11.7. The summed E-state index contributed by atoms with van der Waals surface area (Å²) in [5, 5.41) is 3.16. The maximum absolute atomic E-state index is 3.16. The lowest BCUT2D eigenvalue weighted by atomic mass is 10.0. The summed E-state index contributed by atoms with van der Waals surface area (Å²) >= 11 is 0. The van der Waals surface area contributed by atoms with Crippen LogP contribution in [0.1, 0.15) is 25.0 Å². The minimum Gasteiger partial charge on any atom is -0.307 e. The predicted molar refractivity (Wildman–Crippen MR) is 75.2 cm³/mol. The fraction of sp³-hybridized carbons (Fsp3) is 0.600. The fourth-order valence-electron chi connectivity index (χ4n) is 1.98. The molecule has 2 nitrogen and oxygen atoms in total. The Morgan fingerprint density at radius 2 is 1.71 bits per heavy atom. The molecule has 0 unspecified atom stereocenters. The van der Waals surface area contributed by atoms with E-state index >= 15 is 0 Å². The van der Waals surface area contributed by atoms with Gasteiger partial charge >= 0.3 is 0 Å². The van der Waals surface area contributed by atoms with E-state index in [-0.39, 0.29) is 0 Å². The first-order chi connectivity index (χ1) is 8.11. The van der Waals surface area contributed by atoms with E-state index in [1.807, 2.05) is 7.05 Å². The molecule has 0 aliphatic heterocycles. The topological polar surface area (TPSA) is 15.3 Å². The Labute approximate surface area is 106 Å². The first-order valence-electron chi connectivity index (χ1n) is 6.52. The first kappa shape index (κ1) is 14.2. The largest absolute Gasteiger partial charge is 0.307 e. The summed E-state index contributed by atoms with van der Waals surface area (Å²) in [7, 11) is 4.13. The molecule has 96 valence electrons. The zero-order valence-corrected chi connectivity index (χ0v) is 11.7. The Hall–Kier alpha value is -0.860. The molecular formula is C15H26N2. The van der Waals surface area contributed by atoms with Crippen LogP contribution in [-0.2, 0) is 12.8 Å². The highest BCUT2D eigenvalue weighted by Crippen LogP contribution is 2.10. The smallest absolute Gasteiger partial charge is 0.0475 e. The molecule has 0 aromatic heterocycles. The van der Waals surface area contributed by atoms with Gasteiger partial charge in [-0.2, -0.15) is 0 Å². The normalized spacial score (nSPS) is 11.4. The van der Waals surface area contributed by atoms with Gasteiger partial charge < -0.3 is 5.32 Å². The quantitative estimate of drug-likeness (QED) is 0.729. The molecule has 0 bridgehead atoms. The molecule has 17 heavy (non-hydrogen) atoms. The SMILES string of the molecule is CNCN(C)CCc1ccc(CC(C)C)cc1. The number of nitrogens with zero attached hydrogens (tertiary/aromatic N) is 1. The standard InChI is InChI=1S/C15H26N2/c1-13(2)11-15-7-5-14(6-8-15)9-10-17(4)12-16-3/h5-8,13,16H,9-12H2,1-4H3. The molecule has 0 saturated carbocycles. The van der Waals surface area contributed by atoms with Crippen LogP contribution in [0.2, 0.25) is 0 Å². The number of rotatable bonds is 7. The van der Waals surface area contributed by atoms with Gasteiger partial charge in [-0.1, -0.05) is 38.1 Å². The Balaban J connectivity index is 2.40. The summed E-state index contributed by atoms with van der Waals surface area (Å²) in [6, 6.07) is 9.08. The van der Waals surface area contributed by atoms with E-state index in [9.17, 15) is 0 Å². The molecule has 0 amide bonds. The third-order valence-corrected chi connectivity index (χ3v) is 2.88. The van der Waals surface area contributed by atoms with Crippen molar-refractivity contribution in [3.05, 3.63) is 35.4 Å². The van der Waals surface area contributed by atoms with Gasteiger partial charge in [-0.15, -0.1) is 0 Å². The molecule has 0 radical (unpaired) electrons. The van der Waals surface area contributed by atoms with Crippen LogP contribution in [-0.4, -0.2) is 32.2 Å². The Morgan fingerprint density at radius 1 is 1.12 bits per heavy atom. The average Bonchev–Trinajstić information content (AvgIpc) is 2.28. The summed E-state index contributed by atoms with van der Waals surface area (Å²) in [4.78, 5) is 2.29. The molecule has 1 aromatic rings. The van der Waals surface area contributed by atoms with Crippen molar-refractivity contribution in [1.82, 2.24) is 10.2 Å². The van der Waals surface area contributed by atoms with Gasteiger partial charge in [-0.05, 0) is 44.0 Å². The predicted octanol–water partition coefficient (Wildman–Crippen LogP) is 2.54. The monoisotopic (exact) mass is 234 g/mol. The summed E-state index contributed by atoms with van der Waals surface area (Å²) in [5.41, 5.74) is 2.88. The van der Waals surface area contributed by atoms with Gasteiger partial charge in [0.25, 0.3) is 0 Å². The van der Waals surface area contributed by atoms with Crippen molar-refractivity contribution in [1.29, 1.82) is 0 Å². The third-order valence-electron chi connectivity index (χ3n) is 2.88. The summed E-state index contributed by atoms with van der Waals surface area (Å²) in [6.07, 6.45) is 2.31. The van der Waals surface area contributed by atoms with Gasteiger partial charge in [0.15, 0.2) is 0 Å². The maximum Gasteiger partial charge on any atom is 0.0475 e. The van der Waals surface area contributed by atoms with Gasteiger partial charge in [-0.25, -0.2) is 0 Å². The molecule has 2 heteroatoms. The molecule has 0 spiro atoms. The molecule has 0 saturated heterocycles. The van der Waals surface area contributed by atoms with Crippen LogP contribution in [0.15, 0.2) is 24.3 Å². The van der Waals surface area contributed by atoms with Gasteiger partial charge in [0.05, 0.1) is 0 Å². The molecular weight excluding hydrogens is 208 g/mol. The van der Waals surface area contributed by atoms with E-state index in [0.717, 1.165) is 25.6 Å². The summed E-state index contributed by atoms with van der Waals surface area (Å²) in [5.74, 6) is 0.739. The lowest BCUT2D eigenvalue weighted by Crippen LogP contribution is -2.30. The Kier molecular flexibility index (Phi) is 6.23. The lowest BCUT2D eigenvalue weighted by molar-refractivity contribution is 0.321.